The van der Waals surface area contributed by atoms with Crippen LogP contribution >= 0.6 is 0 Å². The first-order chi connectivity index (χ1) is 8.31. The third kappa shape index (κ3) is 4.62. The molecular formula is C11H16N2O4S. The molecule has 0 heterocycles. The van der Waals surface area contributed by atoms with Crippen molar-refractivity contribution < 1.29 is 17.9 Å². The number of ether oxygens (including phenoxy) is 2. The first-order valence-corrected chi connectivity index (χ1v) is 7.22. The third-order valence-electron chi connectivity index (χ3n) is 2.15. The molecule has 0 fully saturated rings. The van der Waals surface area contributed by atoms with E-state index < -0.39 is 9.84 Å². The Morgan fingerprint density at radius 3 is 2.44 bits per heavy atom. The minimum atomic E-state index is -3.06. The molecule has 7 heteroatoms. The van der Waals surface area contributed by atoms with Crippen LogP contribution in [0, 0.1) is 5.41 Å². The Hall–Kier alpha value is -1.76. The number of methoxy groups -OCH3 is 1. The number of nitrogens with two attached hydrogens (primary N) is 1. The standard InChI is InChI=1S/C11H16N2O4S/c1-16-9-5-8(11(12)13)6-10(7-9)17-3-4-18(2,14)15/h5-7H,3-4H2,1-2H3,(H3,12,13). The van der Waals surface area contributed by atoms with Gasteiger partial charge in [-0.2, -0.15) is 0 Å². The van der Waals surface area contributed by atoms with E-state index in [9.17, 15) is 8.42 Å². The molecule has 0 atom stereocenters. The van der Waals surface area contributed by atoms with E-state index in [1.807, 2.05) is 0 Å². The first-order valence-electron chi connectivity index (χ1n) is 5.16. The lowest BCUT2D eigenvalue weighted by molar-refractivity contribution is 0.337. The fraction of sp³-hybridized carbons (Fsp3) is 0.364. The van der Waals surface area contributed by atoms with Crippen LogP contribution in [0.15, 0.2) is 18.2 Å². The number of hydrogen-bond donors (Lipinski definition) is 2. The van der Waals surface area contributed by atoms with Gasteiger partial charge in [-0.15, -0.1) is 0 Å². The minimum Gasteiger partial charge on any atom is -0.497 e. The van der Waals surface area contributed by atoms with Gasteiger partial charge in [0.15, 0.2) is 9.84 Å². The maximum absolute atomic E-state index is 11.0. The highest BCUT2D eigenvalue weighted by Crippen LogP contribution is 2.22. The number of sulfone groups is 1. The molecule has 0 unspecified atom stereocenters. The van der Waals surface area contributed by atoms with Crippen LogP contribution in [-0.4, -0.2) is 40.0 Å². The molecule has 0 spiro atoms. The van der Waals surface area contributed by atoms with Gasteiger partial charge in [0.2, 0.25) is 0 Å². The van der Waals surface area contributed by atoms with E-state index in [-0.39, 0.29) is 18.2 Å². The van der Waals surface area contributed by atoms with Crippen LogP contribution in [-0.2, 0) is 9.84 Å². The van der Waals surface area contributed by atoms with E-state index >= 15 is 0 Å². The minimum absolute atomic E-state index is 0.0450. The van der Waals surface area contributed by atoms with Gasteiger partial charge in [-0.3, -0.25) is 5.41 Å². The lowest BCUT2D eigenvalue weighted by atomic mass is 10.2. The highest BCUT2D eigenvalue weighted by Gasteiger charge is 2.06. The first kappa shape index (κ1) is 14.3. The van der Waals surface area contributed by atoms with Crippen molar-refractivity contribution in [2.45, 2.75) is 0 Å². The SMILES string of the molecule is COc1cc(OCCS(C)(=O)=O)cc(C(=N)N)c1. The predicted molar refractivity (Wildman–Crippen MR) is 69.2 cm³/mol. The number of nitrogens with one attached hydrogen (secondary N) is 1. The van der Waals surface area contributed by atoms with Crippen LogP contribution in [0.3, 0.4) is 0 Å². The van der Waals surface area contributed by atoms with Gasteiger partial charge in [0.25, 0.3) is 0 Å². The van der Waals surface area contributed by atoms with Crippen molar-refractivity contribution in [3.05, 3.63) is 23.8 Å². The number of rotatable bonds is 6. The smallest absolute Gasteiger partial charge is 0.150 e. The summed E-state index contributed by atoms with van der Waals surface area (Å²) in [5.74, 6) is 0.738. The zero-order chi connectivity index (χ0) is 13.8. The Bertz CT molecular complexity index is 540. The molecule has 0 saturated carbocycles. The fourth-order valence-corrected chi connectivity index (χ4v) is 1.63. The molecule has 0 aliphatic carbocycles. The van der Waals surface area contributed by atoms with E-state index in [4.69, 9.17) is 20.6 Å². The topological polar surface area (TPSA) is 102 Å². The Morgan fingerprint density at radius 2 is 1.94 bits per heavy atom. The second-order valence-electron chi connectivity index (χ2n) is 3.79. The molecule has 1 aromatic carbocycles. The Balaban J connectivity index is 2.82. The molecule has 3 N–H and O–H groups in total. The Kier molecular flexibility index (Phi) is 4.55. The molecule has 18 heavy (non-hydrogen) atoms. The summed E-state index contributed by atoms with van der Waals surface area (Å²) in [5, 5.41) is 7.35. The normalized spacial score (nSPS) is 11.0. The highest BCUT2D eigenvalue weighted by molar-refractivity contribution is 7.90. The van der Waals surface area contributed by atoms with Crippen molar-refractivity contribution in [1.82, 2.24) is 0 Å². The van der Waals surface area contributed by atoms with Gasteiger partial charge in [0.1, 0.15) is 23.9 Å². The molecule has 6 nitrogen and oxygen atoms in total. The van der Waals surface area contributed by atoms with Crippen molar-refractivity contribution in [1.29, 1.82) is 5.41 Å². The van der Waals surface area contributed by atoms with Crippen LogP contribution in [0.25, 0.3) is 0 Å². The maximum Gasteiger partial charge on any atom is 0.150 e. The van der Waals surface area contributed by atoms with Crippen molar-refractivity contribution in [3.8, 4) is 11.5 Å². The quantitative estimate of drug-likeness (QED) is 0.576. The molecule has 0 radical (unpaired) electrons. The van der Waals surface area contributed by atoms with Gasteiger partial charge in [-0.05, 0) is 12.1 Å². The molecule has 0 saturated heterocycles. The van der Waals surface area contributed by atoms with Crippen molar-refractivity contribution in [2.24, 2.45) is 5.73 Å². The van der Waals surface area contributed by atoms with Crippen LogP contribution in [0.1, 0.15) is 5.56 Å². The number of nitrogen functional groups attached to an aromatic ring is 1. The van der Waals surface area contributed by atoms with E-state index in [2.05, 4.69) is 0 Å². The third-order valence-corrected chi connectivity index (χ3v) is 3.06. The average Bonchev–Trinajstić information content (AvgIpc) is 2.26. The van der Waals surface area contributed by atoms with Gasteiger partial charge >= 0.3 is 0 Å². The second kappa shape index (κ2) is 5.72. The average molecular weight is 272 g/mol. The lowest BCUT2D eigenvalue weighted by Gasteiger charge is -2.09. The molecule has 0 aromatic heterocycles. The molecule has 100 valence electrons. The number of benzene rings is 1. The molecular weight excluding hydrogens is 256 g/mol. The van der Waals surface area contributed by atoms with Gasteiger partial charge in [-0.1, -0.05) is 0 Å². The molecule has 0 aliphatic heterocycles. The largest absolute Gasteiger partial charge is 0.497 e. The lowest BCUT2D eigenvalue weighted by Crippen LogP contribution is -2.14. The summed E-state index contributed by atoms with van der Waals surface area (Å²) >= 11 is 0. The Morgan fingerprint density at radius 1 is 1.33 bits per heavy atom. The zero-order valence-electron chi connectivity index (χ0n) is 10.3. The zero-order valence-corrected chi connectivity index (χ0v) is 11.1. The number of amidine groups is 1. The molecule has 0 amide bonds. The van der Waals surface area contributed by atoms with E-state index in [0.29, 0.717) is 17.1 Å². The van der Waals surface area contributed by atoms with E-state index in [0.717, 1.165) is 6.26 Å². The van der Waals surface area contributed by atoms with Crippen LogP contribution in [0.4, 0.5) is 0 Å². The van der Waals surface area contributed by atoms with Gasteiger partial charge < -0.3 is 15.2 Å². The molecule has 1 aromatic rings. The number of hydrogen-bond acceptors (Lipinski definition) is 5. The van der Waals surface area contributed by atoms with Crippen LogP contribution < -0.4 is 15.2 Å². The summed E-state index contributed by atoms with van der Waals surface area (Å²) in [7, 11) is -1.57. The molecule has 1 rings (SSSR count). The van der Waals surface area contributed by atoms with Crippen molar-refractivity contribution >= 4 is 15.7 Å². The van der Waals surface area contributed by atoms with Gasteiger partial charge in [-0.25, -0.2) is 8.42 Å². The monoisotopic (exact) mass is 272 g/mol. The van der Waals surface area contributed by atoms with Gasteiger partial charge in [0.05, 0.1) is 12.9 Å². The van der Waals surface area contributed by atoms with Crippen LogP contribution in [0.2, 0.25) is 0 Å². The Labute approximate surface area is 106 Å². The highest BCUT2D eigenvalue weighted by atomic mass is 32.2. The summed E-state index contributed by atoms with van der Waals surface area (Å²) in [6.07, 6.45) is 1.14. The summed E-state index contributed by atoms with van der Waals surface area (Å²) in [5.41, 5.74) is 5.84. The van der Waals surface area contributed by atoms with E-state index in [1.54, 1.807) is 18.2 Å². The maximum atomic E-state index is 11.0. The van der Waals surface area contributed by atoms with Crippen molar-refractivity contribution in [3.63, 3.8) is 0 Å². The fourth-order valence-electron chi connectivity index (χ4n) is 1.24. The summed E-state index contributed by atoms with van der Waals surface area (Å²) in [6.45, 7) is 0.0450. The molecule has 0 aliphatic rings. The summed E-state index contributed by atoms with van der Waals surface area (Å²) < 4.78 is 32.3. The second-order valence-corrected chi connectivity index (χ2v) is 6.05. The molecule has 0 bridgehead atoms. The predicted octanol–water partition coefficient (Wildman–Crippen LogP) is 0.403. The van der Waals surface area contributed by atoms with Crippen molar-refractivity contribution in [2.75, 3.05) is 25.7 Å². The van der Waals surface area contributed by atoms with E-state index in [1.165, 1.54) is 7.11 Å². The van der Waals surface area contributed by atoms with Crippen LogP contribution in [0.5, 0.6) is 11.5 Å². The van der Waals surface area contributed by atoms with Gasteiger partial charge in [0, 0.05) is 17.9 Å². The summed E-state index contributed by atoms with van der Waals surface area (Å²) in [6, 6.07) is 4.77. The summed E-state index contributed by atoms with van der Waals surface area (Å²) in [4.78, 5) is 0.